The van der Waals surface area contributed by atoms with Crippen molar-refractivity contribution in [1.82, 2.24) is 9.78 Å². The van der Waals surface area contributed by atoms with Crippen molar-refractivity contribution in [3.8, 4) is 0 Å². The first-order valence-electron chi connectivity index (χ1n) is 6.33. The number of nitrogens with one attached hydrogen (secondary N) is 1. The molecule has 0 unspecified atom stereocenters. The van der Waals surface area contributed by atoms with Crippen LogP contribution in [0.5, 0.6) is 0 Å². The summed E-state index contributed by atoms with van der Waals surface area (Å²) in [5.74, 6) is -1.57. The van der Waals surface area contributed by atoms with Gasteiger partial charge in [0.2, 0.25) is 0 Å². The number of hydrogen-bond acceptors (Lipinski definition) is 4. The molecule has 9 heteroatoms. The molecule has 0 saturated heterocycles. The van der Waals surface area contributed by atoms with Crippen molar-refractivity contribution < 1.29 is 27.5 Å². The van der Waals surface area contributed by atoms with Crippen LogP contribution >= 0.6 is 0 Å². The highest BCUT2D eigenvalue weighted by atomic mass is 19.4. The number of carbonyl (C=O) groups excluding carboxylic acids is 2. The Bertz CT molecular complexity index is 753. The number of benzene rings is 1. The maximum atomic E-state index is 12.7. The molecule has 0 atom stereocenters. The zero-order valence-corrected chi connectivity index (χ0v) is 12.1. The molecule has 0 radical (unpaired) electrons. The number of halogens is 3. The number of methoxy groups -OCH3 is 1. The molecule has 2 aromatic rings. The number of aryl methyl sites for hydroxylation is 1. The van der Waals surface area contributed by atoms with Gasteiger partial charge >= 0.3 is 12.1 Å². The fraction of sp³-hybridized carbons (Fsp3) is 0.214. The number of amides is 1. The van der Waals surface area contributed by atoms with Gasteiger partial charge in [0.1, 0.15) is 0 Å². The molecular weight excluding hydrogens is 315 g/mol. The number of ether oxygens (including phenoxy) is 1. The number of aromatic nitrogens is 2. The highest BCUT2D eigenvalue weighted by Crippen LogP contribution is 2.29. The standard InChI is InChI=1S/C14H12F3N3O3/c1-20-7-10(11(19-20)13(22)23-2)18-12(21)8-4-3-5-9(6-8)14(15,16)17/h3-7H,1-2H3,(H,18,21). The van der Waals surface area contributed by atoms with Crippen LogP contribution in [0.4, 0.5) is 18.9 Å². The molecule has 0 fully saturated rings. The minimum atomic E-state index is -4.55. The summed E-state index contributed by atoms with van der Waals surface area (Å²) >= 11 is 0. The molecule has 0 bridgehead atoms. The van der Waals surface area contributed by atoms with Gasteiger partial charge in [0.25, 0.3) is 5.91 Å². The van der Waals surface area contributed by atoms with E-state index in [-0.39, 0.29) is 16.9 Å². The summed E-state index contributed by atoms with van der Waals surface area (Å²) in [6.07, 6.45) is -3.21. The first-order valence-corrected chi connectivity index (χ1v) is 6.33. The third-order valence-electron chi connectivity index (χ3n) is 2.91. The van der Waals surface area contributed by atoms with E-state index in [0.717, 1.165) is 25.3 Å². The van der Waals surface area contributed by atoms with Crippen molar-refractivity contribution in [3.05, 3.63) is 47.3 Å². The first-order chi connectivity index (χ1) is 10.7. The van der Waals surface area contributed by atoms with Crippen LogP contribution in [0.15, 0.2) is 30.5 Å². The van der Waals surface area contributed by atoms with Gasteiger partial charge in [-0.3, -0.25) is 9.48 Å². The number of hydrogen-bond donors (Lipinski definition) is 1. The molecule has 122 valence electrons. The predicted octanol–water partition coefficient (Wildman–Crippen LogP) is 2.48. The Hall–Kier alpha value is -2.84. The van der Waals surface area contributed by atoms with Crippen molar-refractivity contribution in [2.24, 2.45) is 7.05 Å². The fourth-order valence-corrected chi connectivity index (χ4v) is 1.86. The minimum Gasteiger partial charge on any atom is -0.464 e. The molecule has 0 aliphatic carbocycles. The molecule has 6 nitrogen and oxygen atoms in total. The second-order valence-electron chi connectivity index (χ2n) is 4.59. The quantitative estimate of drug-likeness (QED) is 0.879. The second kappa shape index (κ2) is 6.11. The summed E-state index contributed by atoms with van der Waals surface area (Å²) in [5.41, 5.74) is -1.24. The highest BCUT2D eigenvalue weighted by molar-refractivity contribution is 6.07. The van der Waals surface area contributed by atoms with E-state index in [1.165, 1.54) is 24.0 Å². The Kier molecular flexibility index (Phi) is 4.39. The molecule has 1 N–H and O–H groups in total. The SMILES string of the molecule is COC(=O)c1nn(C)cc1NC(=O)c1cccc(C(F)(F)F)c1. The maximum Gasteiger partial charge on any atom is 0.416 e. The van der Waals surface area contributed by atoms with Gasteiger partial charge in [0, 0.05) is 18.8 Å². The van der Waals surface area contributed by atoms with Crippen LogP contribution in [0, 0.1) is 0 Å². The lowest BCUT2D eigenvalue weighted by molar-refractivity contribution is -0.137. The normalized spacial score (nSPS) is 11.2. The Balaban J connectivity index is 2.28. The summed E-state index contributed by atoms with van der Waals surface area (Å²) in [6.45, 7) is 0. The van der Waals surface area contributed by atoms with Crippen molar-refractivity contribution >= 4 is 17.6 Å². The number of nitrogens with zero attached hydrogens (tertiary/aromatic N) is 2. The van der Waals surface area contributed by atoms with Crippen molar-refractivity contribution in [3.63, 3.8) is 0 Å². The van der Waals surface area contributed by atoms with Gasteiger partial charge in [-0.1, -0.05) is 6.07 Å². The van der Waals surface area contributed by atoms with E-state index < -0.39 is 23.6 Å². The molecule has 0 aliphatic rings. The van der Waals surface area contributed by atoms with Gasteiger partial charge in [0.15, 0.2) is 5.69 Å². The van der Waals surface area contributed by atoms with E-state index in [1.54, 1.807) is 0 Å². The monoisotopic (exact) mass is 327 g/mol. The van der Waals surface area contributed by atoms with Crippen molar-refractivity contribution in [2.45, 2.75) is 6.18 Å². The third kappa shape index (κ3) is 3.68. The summed E-state index contributed by atoms with van der Waals surface area (Å²) in [6, 6.07) is 3.95. The average molecular weight is 327 g/mol. The molecule has 23 heavy (non-hydrogen) atoms. The number of alkyl halides is 3. The molecule has 0 saturated carbocycles. The van der Waals surface area contributed by atoms with E-state index in [2.05, 4.69) is 15.2 Å². The topological polar surface area (TPSA) is 73.2 Å². The Morgan fingerprint density at radius 2 is 2.00 bits per heavy atom. The maximum absolute atomic E-state index is 12.7. The van der Waals surface area contributed by atoms with Gasteiger partial charge in [-0.05, 0) is 18.2 Å². The molecule has 2 rings (SSSR count). The summed E-state index contributed by atoms with van der Waals surface area (Å²) in [7, 11) is 2.67. The number of carbonyl (C=O) groups is 2. The van der Waals surface area contributed by atoms with Crippen molar-refractivity contribution in [1.29, 1.82) is 0 Å². The zero-order chi connectivity index (χ0) is 17.2. The summed E-state index contributed by atoms with van der Waals surface area (Å²) < 4.78 is 43.8. The van der Waals surface area contributed by atoms with Crippen LogP contribution in [0.1, 0.15) is 26.4 Å². The van der Waals surface area contributed by atoms with Gasteiger partial charge in [-0.2, -0.15) is 18.3 Å². The lowest BCUT2D eigenvalue weighted by atomic mass is 10.1. The van der Waals surface area contributed by atoms with Crippen LogP contribution in [-0.4, -0.2) is 28.8 Å². The molecule has 1 heterocycles. The van der Waals surface area contributed by atoms with E-state index in [4.69, 9.17) is 0 Å². The Labute approximate surface area is 128 Å². The van der Waals surface area contributed by atoms with E-state index in [0.29, 0.717) is 0 Å². The summed E-state index contributed by atoms with van der Waals surface area (Å²) in [4.78, 5) is 23.7. The van der Waals surface area contributed by atoms with Crippen LogP contribution in [0.3, 0.4) is 0 Å². The molecule has 1 amide bonds. The smallest absolute Gasteiger partial charge is 0.416 e. The van der Waals surface area contributed by atoms with Crippen LogP contribution in [-0.2, 0) is 18.0 Å². The molecule has 0 spiro atoms. The molecule has 1 aromatic carbocycles. The van der Waals surface area contributed by atoms with Gasteiger partial charge < -0.3 is 10.1 Å². The number of rotatable bonds is 3. The average Bonchev–Trinajstić information content (AvgIpc) is 2.86. The largest absolute Gasteiger partial charge is 0.464 e. The Morgan fingerprint density at radius 3 is 2.61 bits per heavy atom. The zero-order valence-electron chi connectivity index (χ0n) is 12.1. The van der Waals surface area contributed by atoms with Gasteiger partial charge in [0.05, 0.1) is 18.4 Å². The van der Waals surface area contributed by atoms with Crippen LogP contribution < -0.4 is 5.32 Å². The van der Waals surface area contributed by atoms with E-state index >= 15 is 0 Å². The molecule has 1 aromatic heterocycles. The fourth-order valence-electron chi connectivity index (χ4n) is 1.86. The number of esters is 1. The molecular formula is C14H12F3N3O3. The van der Waals surface area contributed by atoms with E-state index in [1.807, 2.05) is 0 Å². The summed E-state index contributed by atoms with van der Waals surface area (Å²) in [5, 5.41) is 6.18. The third-order valence-corrected chi connectivity index (χ3v) is 2.91. The lowest BCUT2D eigenvalue weighted by Crippen LogP contribution is -2.16. The molecule has 0 aliphatic heterocycles. The lowest BCUT2D eigenvalue weighted by Gasteiger charge is -2.09. The predicted molar refractivity (Wildman–Crippen MR) is 73.9 cm³/mol. The minimum absolute atomic E-state index is 0.0433. The van der Waals surface area contributed by atoms with Gasteiger partial charge in [-0.15, -0.1) is 0 Å². The highest BCUT2D eigenvalue weighted by Gasteiger charge is 2.31. The van der Waals surface area contributed by atoms with Gasteiger partial charge in [-0.25, -0.2) is 4.79 Å². The second-order valence-corrected chi connectivity index (χ2v) is 4.59. The van der Waals surface area contributed by atoms with Crippen LogP contribution in [0.2, 0.25) is 0 Å². The number of anilines is 1. The Morgan fingerprint density at radius 1 is 1.30 bits per heavy atom. The van der Waals surface area contributed by atoms with Crippen molar-refractivity contribution in [2.75, 3.05) is 12.4 Å². The van der Waals surface area contributed by atoms with E-state index in [9.17, 15) is 22.8 Å². The van der Waals surface area contributed by atoms with Crippen LogP contribution in [0.25, 0.3) is 0 Å². The first kappa shape index (κ1) is 16.5.